The second-order valence-electron chi connectivity index (χ2n) is 13.6. The van der Waals surface area contributed by atoms with Gasteiger partial charge in [-0.05, 0) is 95.1 Å². The Morgan fingerprint density at radius 2 is 0.893 bits per heavy atom. The largest absolute Gasteiger partial charge is 0.497 e. The number of hydroxylamine groups is 2. The summed E-state index contributed by atoms with van der Waals surface area (Å²) in [5.74, 6) is -0.476. The molecule has 56 heavy (non-hydrogen) atoms. The number of halogens is 4. The molecule has 2 saturated heterocycles. The second kappa shape index (κ2) is 16.4. The molecule has 0 aromatic heterocycles. The van der Waals surface area contributed by atoms with Crippen molar-refractivity contribution in [3.05, 3.63) is 188 Å². The number of benzene rings is 6. The number of rotatable bonds is 10. The van der Waals surface area contributed by atoms with Crippen LogP contribution in [0.2, 0.25) is 20.1 Å². The van der Waals surface area contributed by atoms with Crippen molar-refractivity contribution in [1.82, 2.24) is 0 Å². The van der Waals surface area contributed by atoms with Gasteiger partial charge in [0, 0.05) is 20.1 Å². The number of ether oxygens (including phenoxy) is 2. The predicted octanol–water partition coefficient (Wildman–Crippen LogP) is 12.3. The van der Waals surface area contributed by atoms with Gasteiger partial charge in [-0.2, -0.15) is 0 Å². The second-order valence-corrected chi connectivity index (χ2v) is 15.3. The number of hydrogen-bond acceptors (Lipinski definition) is 7. The highest BCUT2D eigenvalue weighted by molar-refractivity contribution is 6.35. The molecule has 0 saturated carbocycles. The van der Waals surface area contributed by atoms with Crippen LogP contribution in [0.1, 0.15) is 46.5 Å². The molecule has 284 valence electrons. The van der Waals surface area contributed by atoms with E-state index in [1.54, 1.807) is 48.6 Å². The van der Waals surface area contributed by atoms with Crippen LogP contribution in [-0.4, -0.2) is 20.0 Å². The van der Waals surface area contributed by atoms with E-state index in [0.29, 0.717) is 42.7 Å². The predicted molar refractivity (Wildman–Crippen MR) is 222 cm³/mol. The fourth-order valence-corrected chi connectivity index (χ4v) is 8.84. The fourth-order valence-electron chi connectivity index (χ4n) is 7.80. The molecule has 11 heteroatoms. The van der Waals surface area contributed by atoms with Crippen molar-refractivity contribution in [3.63, 3.8) is 0 Å². The van der Waals surface area contributed by atoms with Gasteiger partial charge in [-0.25, -0.2) is 10.1 Å². The van der Waals surface area contributed by atoms with E-state index in [1.807, 2.05) is 121 Å². The van der Waals surface area contributed by atoms with Crippen molar-refractivity contribution in [2.45, 2.75) is 24.3 Å². The van der Waals surface area contributed by atoms with E-state index in [0.717, 1.165) is 22.5 Å². The first-order valence-electron chi connectivity index (χ1n) is 18.0. The van der Waals surface area contributed by atoms with Crippen LogP contribution in [0.15, 0.2) is 146 Å². The third kappa shape index (κ3) is 7.32. The lowest BCUT2D eigenvalue weighted by Gasteiger charge is -2.32. The first kappa shape index (κ1) is 38.2. The Morgan fingerprint density at radius 3 is 1.23 bits per heavy atom. The molecule has 6 atom stereocenters. The van der Waals surface area contributed by atoms with Gasteiger partial charge in [-0.1, -0.05) is 119 Å². The van der Waals surface area contributed by atoms with Gasteiger partial charge in [0.25, 0.3) is 0 Å². The molecule has 0 spiro atoms. The van der Waals surface area contributed by atoms with Gasteiger partial charge in [-0.3, -0.25) is 14.5 Å². The molecule has 2 fully saturated rings. The molecule has 2 aliphatic rings. The van der Waals surface area contributed by atoms with Gasteiger partial charge < -0.3 is 9.47 Å². The Morgan fingerprint density at radius 1 is 0.518 bits per heavy atom. The minimum Gasteiger partial charge on any atom is -0.497 e. The molecular formula is C45H36Cl4N2O5. The third-order valence-corrected chi connectivity index (χ3v) is 11.5. The first-order chi connectivity index (χ1) is 27.2. The first-order valence-corrected chi connectivity index (χ1v) is 19.5. The molecule has 2 aliphatic heterocycles. The van der Waals surface area contributed by atoms with Gasteiger partial charge in [0.1, 0.15) is 29.5 Å². The van der Waals surface area contributed by atoms with E-state index in [-0.39, 0.29) is 5.78 Å². The number of nitrogens with zero attached hydrogens (tertiary/aromatic N) is 2. The number of Topliss-reactive ketones (excluding diaryl/α,β-unsaturated/α-hetero) is 1. The van der Waals surface area contributed by atoms with Gasteiger partial charge in [0.15, 0.2) is 0 Å². The Hall–Kier alpha value is -4.73. The third-order valence-electron chi connectivity index (χ3n) is 10.4. The van der Waals surface area contributed by atoms with Crippen molar-refractivity contribution >= 4 is 63.6 Å². The lowest BCUT2D eigenvalue weighted by Crippen LogP contribution is -2.37. The minimum atomic E-state index is -0.846. The van der Waals surface area contributed by atoms with Crippen molar-refractivity contribution in [3.8, 4) is 11.5 Å². The zero-order chi connectivity index (χ0) is 38.9. The Kier molecular flexibility index (Phi) is 11.2. The summed E-state index contributed by atoms with van der Waals surface area (Å²) < 4.78 is 11.0. The zero-order valence-electron chi connectivity index (χ0n) is 30.3. The molecule has 0 radical (unpaired) electrons. The Bertz CT molecular complexity index is 2150. The van der Waals surface area contributed by atoms with Crippen molar-refractivity contribution in [1.29, 1.82) is 0 Å². The molecule has 0 bridgehead atoms. The molecule has 0 amide bonds. The highest BCUT2D eigenvalue weighted by Gasteiger charge is 2.57. The molecule has 6 aromatic carbocycles. The maximum atomic E-state index is 16.3. The number of hydrogen-bond donors (Lipinski definition) is 0. The number of para-hydroxylation sites is 2. The molecule has 7 nitrogen and oxygen atoms in total. The number of carbonyl (C=O) groups is 1. The molecule has 8 rings (SSSR count). The van der Waals surface area contributed by atoms with E-state index in [2.05, 4.69) is 0 Å². The normalized spacial score (nSPS) is 22.0. The Labute approximate surface area is 345 Å². The number of anilines is 2. The van der Waals surface area contributed by atoms with Crippen LogP contribution in [0, 0.1) is 11.8 Å². The summed E-state index contributed by atoms with van der Waals surface area (Å²) in [5.41, 5.74) is 4.40. The van der Waals surface area contributed by atoms with E-state index >= 15 is 4.79 Å². The smallest absolute Gasteiger partial charge is 0.150 e. The Balaban J connectivity index is 1.37. The van der Waals surface area contributed by atoms with Gasteiger partial charge >= 0.3 is 0 Å². The van der Waals surface area contributed by atoms with E-state index in [1.165, 1.54) is 0 Å². The average Bonchev–Trinajstić information content (AvgIpc) is 3.82. The average molecular weight is 827 g/mol. The van der Waals surface area contributed by atoms with Crippen LogP contribution >= 0.6 is 46.4 Å². The summed E-state index contributed by atoms with van der Waals surface area (Å²) in [4.78, 5) is 30.3. The molecule has 0 aliphatic carbocycles. The number of ketones is 1. The van der Waals surface area contributed by atoms with E-state index in [9.17, 15) is 0 Å². The molecule has 0 N–H and O–H groups in total. The molecule has 2 heterocycles. The van der Waals surface area contributed by atoms with Crippen LogP contribution in [-0.2, 0) is 14.5 Å². The SMILES string of the molecule is COc1ccc([C@H]2ON(c3ccccc3)[C@@H](c3ccc(Cl)cc3Cl)[C@@H]2C(=O)[C@@H]2[C@@H](c3ccc(OC)cc3)ON(c3ccccc3)[C@H]2c2ccc(Cl)cc2Cl)cc1. The van der Waals surface area contributed by atoms with Crippen molar-refractivity contribution in [2.75, 3.05) is 24.3 Å². The summed E-state index contributed by atoms with van der Waals surface area (Å²) in [7, 11) is 3.23. The number of methoxy groups -OCH3 is 2. The number of carbonyl (C=O) groups excluding carboxylic acids is 1. The van der Waals surface area contributed by atoms with Gasteiger partial charge in [-0.15, -0.1) is 0 Å². The summed E-state index contributed by atoms with van der Waals surface area (Å²) in [5, 5.41) is 5.33. The quantitative estimate of drug-likeness (QED) is 0.136. The summed E-state index contributed by atoms with van der Waals surface area (Å²) in [6.07, 6.45) is -1.54. The van der Waals surface area contributed by atoms with Crippen LogP contribution in [0.5, 0.6) is 11.5 Å². The summed E-state index contributed by atoms with van der Waals surface area (Å²) >= 11 is 27.1. The monoisotopic (exact) mass is 824 g/mol. The lowest BCUT2D eigenvalue weighted by molar-refractivity contribution is -0.131. The molecule has 0 unspecified atom stereocenters. The van der Waals surface area contributed by atoms with E-state index in [4.69, 9.17) is 65.6 Å². The highest BCUT2D eigenvalue weighted by Crippen LogP contribution is 2.57. The topological polar surface area (TPSA) is 60.5 Å². The fraction of sp³-hybridized carbons (Fsp3) is 0.178. The minimum absolute atomic E-state index is 0.129. The van der Waals surface area contributed by atoms with E-state index < -0.39 is 36.1 Å². The molecular weight excluding hydrogens is 790 g/mol. The zero-order valence-corrected chi connectivity index (χ0v) is 33.3. The van der Waals surface area contributed by atoms with Crippen molar-refractivity contribution < 1.29 is 23.9 Å². The molecule has 6 aromatic rings. The van der Waals surface area contributed by atoms with Crippen LogP contribution in [0.3, 0.4) is 0 Å². The summed E-state index contributed by atoms with van der Waals surface area (Å²) in [6, 6.07) is 43.8. The summed E-state index contributed by atoms with van der Waals surface area (Å²) in [6.45, 7) is 0. The van der Waals surface area contributed by atoms with Crippen LogP contribution in [0.4, 0.5) is 11.4 Å². The lowest BCUT2D eigenvalue weighted by atomic mass is 9.73. The van der Waals surface area contributed by atoms with Gasteiger partial charge in [0.2, 0.25) is 0 Å². The van der Waals surface area contributed by atoms with Gasteiger partial charge in [0.05, 0.1) is 49.5 Å². The van der Waals surface area contributed by atoms with Crippen molar-refractivity contribution in [2.24, 2.45) is 11.8 Å². The maximum Gasteiger partial charge on any atom is 0.150 e. The maximum absolute atomic E-state index is 16.3. The van der Waals surface area contributed by atoms with Crippen LogP contribution in [0.25, 0.3) is 0 Å². The highest BCUT2D eigenvalue weighted by atomic mass is 35.5. The van der Waals surface area contributed by atoms with Crippen LogP contribution < -0.4 is 19.6 Å². The standard InChI is InChI=1S/C45H36Cl4N2O5/c1-53-33-19-13-27(14-20-33)44-39(41(35-23-17-29(46)25-37(35)48)50(55-44)31-9-5-3-6-10-31)43(52)40-42(36-24-18-30(47)26-38(36)49)51(32-11-7-4-8-12-32)56-45(40)28-15-21-34(54-2)22-16-28/h3-26,39-42,44-45H,1-2H3/t39-,40-,41+,42+,44-,45-/m1/s1.